The Kier molecular flexibility index (Phi) is 6.43. The summed E-state index contributed by atoms with van der Waals surface area (Å²) in [5.74, 6) is -2.12. The number of carbonyl (C=O) groups excluding carboxylic acids is 2. The average molecular weight is 355 g/mol. The van der Waals surface area contributed by atoms with Crippen LogP contribution in [0.3, 0.4) is 0 Å². The van der Waals surface area contributed by atoms with Gasteiger partial charge in [0.05, 0.1) is 0 Å². The molecule has 7 heteroatoms. The number of carboxylic acids is 1. The number of amides is 2. The van der Waals surface area contributed by atoms with E-state index in [1.165, 1.54) is 31.5 Å². The van der Waals surface area contributed by atoms with Crippen molar-refractivity contribution in [3.8, 4) is 0 Å². The number of nitrogens with zero attached hydrogens (tertiary/aromatic N) is 1. The van der Waals surface area contributed by atoms with Crippen LogP contribution in [0.2, 0.25) is 0 Å². The van der Waals surface area contributed by atoms with E-state index in [2.05, 4.69) is 15.6 Å². The zero-order chi connectivity index (χ0) is 19.1. The fourth-order valence-corrected chi connectivity index (χ4v) is 2.39. The van der Waals surface area contributed by atoms with Gasteiger partial charge in [-0.15, -0.1) is 0 Å². The molecular weight excluding hydrogens is 334 g/mol. The van der Waals surface area contributed by atoms with E-state index in [1.807, 2.05) is 31.2 Å². The van der Waals surface area contributed by atoms with E-state index < -0.39 is 29.9 Å². The van der Waals surface area contributed by atoms with Gasteiger partial charge in [-0.05, 0) is 37.1 Å². The van der Waals surface area contributed by atoms with Gasteiger partial charge in [-0.1, -0.05) is 24.3 Å². The molecule has 0 bridgehead atoms. The van der Waals surface area contributed by atoms with Gasteiger partial charge in [-0.3, -0.25) is 19.4 Å². The van der Waals surface area contributed by atoms with Crippen LogP contribution in [0.25, 0.3) is 0 Å². The van der Waals surface area contributed by atoms with Crippen LogP contribution in [-0.2, 0) is 16.0 Å². The highest BCUT2D eigenvalue weighted by molar-refractivity contribution is 5.98. The van der Waals surface area contributed by atoms with E-state index in [-0.39, 0.29) is 6.42 Å². The number of rotatable bonds is 7. The predicted octanol–water partition coefficient (Wildman–Crippen LogP) is 1.32. The summed E-state index contributed by atoms with van der Waals surface area (Å²) in [7, 11) is 0. The minimum absolute atomic E-state index is 0.252. The summed E-state index contributed by atoms with van der Waals surface area (Å²) in [5, 5.41) is 14.1. The lowest BCUT2D eigenvalue weighted by Crippen LogP contribution is -2.51. The van der Waals surface area contributed by atoms with Crippen molar-refractivity contribution in [2.24, 2.45) is 0 Å². The normalized spacial score (nSPS) is 12.7. The van der Waals surface area contributed by atoms with Crippen LogP contribution < -0.4 is 10.6 Å². The molecule has 26 heavy (non-hydrogen) atoms. The minimum atomic E-state index is -1.14. The van der Waals surface area contributed by atoms with E-state index in [9.17, 15) is 14.4 Å². The Morgan fingerprint density at radius 3 is 2.35 bits per heavy atom. The van der Waals surface area contributed by atoms with E-state index in [4.69, 9.17) is 5.11 Å². The van der Waals surface area contributed by atoms with Gasteiger partial charge in [-0.2, -0.15) is 0 Å². The Labute approximate surface area is 151 Å². The van der Waals surface area contributed by atoms with Gasteiger partial charge in [0, 0.05) is 24.4 Å². The highest BCUT2D eigenvalue weighted by Gasteiger charge is 2.25. The standard InChI is InChI=1S/C19H21N3O4/c1-12-5-3-4-6-15(12)11-16(18(24)21-13(2)19(25)26)22-17(23)14-7-9-20-10-8-14/h3-10,13,16H,11H2,1-2H3,(H,21,24)(H,22,23)(H,25,26). The van der Waals surface area contributed by atoms with Crippen molar-refractivity contribution < 1.29 is 19.5 Å². The summed E-state index contributed by atoms with van der Waals surface area (Å²) in [6.07, 6.45) is 3.22. The molecule has 2 atom stereocenters. The van der Waals surface area contributed by atoms with Crippen molar-refractivity contribution >= 4 is 17.8 Å². The monoisotopic (exact) mass is 355 g/mol. The third-order valence-corrected chi connectivity index (χ3v) is 3.98. The largest absolute Gasteiger partial charge is 0.480 e. The number of aryl methyl sites for hydroxylation is 1. The minimum Gasteiger partial charge on any atom is -0.480 e. The van der Waals surface area contributed by atoms with E-state index >= 15 is 0 Å². The Hall–Kier alpha value is -3.22. The molecule has 0 aliphatic rings. The number of benzene rings is 1. The van der Waals surface area contributed by atoms with Crippen LogP contribution in [0, 0.1) is 6.92 Å². The lowest BCUT2D eigenvalue weighted by Gasteiger charge is -2.21. The molecule has 1 heterocycles. The zero-order valence-corrected chi connectivity index (χ0v) is 14.6. The molecule has 0 aliphatic carbocycles. The molecule has 3 N–H and O–H groups in total. The molecule has 0 fully saturated rings. The van der Waals surface area contributed by atoms with E-state index in [1.54, 1.807) is 0 Å². The zero-order valence-electron chi connectivity index (χ0n) is 14.6. The van der Waals surface area contributed by atoms with Gasteiger partial charge in [0.25, 0.3) is 5.91 Å². The fraction of sp³-hybridized carbons (Fsp3) is 0.263. The van der Waals surface area contributed by atoms with Crippen molar-refractivity contribution in [1.29, 1.82) is 0 Å². The molecule has 1 aromatic carbocycles. The van der Waals surface area contributed by atoms with Gasteiger partial charge in [0.1, 0.15) is 12.1 Å². The Balaban J connectivity index is 2.20. The summed E-state index contributed by atoms with van der Waals surface area (Å²) in [5.41, 5.74) is 2.24. The van der Waals surface area contributed by atoms with Crippen LogP contribution in [0.1, 0.15) is 28.4 Å². The highest BCUT2D eigenvalue weighted by Crippen LogP contribution is 2.11. The molecule has 2 aromatic rings. The molecule has 136 valence electrons. The maximum absolute atomic E-state index is 12.5. The van der Waals surface area contributed by atoms with Crippen molar-refractivity contribution in [2.45, 2.75) is 32.4 Å². The summed E-state index contributed by atoms with van der Waals surface area (Å²) in [6, 6.07) is 8.63. The second kappa shape index (κ2) is 8.75. The Bertz CT molecular complexity index is 792. The van der Waals surface area contributed by atoms with Crippen LogP contribution >= 0.6 is 0 Å². The maximum atomic E-state index is 12.5. The first-order valence-electron chi connectivity index (χ1n) is 8.17. The van der Waals surface area contributed by atoms with Crippen LogP contribution in [0.5, 0.6) is 0 Å². The van der Waals surface area contributed by atoms with Crippen molar-refractivity contribution in [2.75, 3.05) is 0 Å². The van der Waals surface area contributed by atoms with Gasteiger partial charge in [0.2, 0.25) is 5.91 Å². The number of nitrogens with one attached hydrogen (secondary N) is 2. The molecule has 1 aromatic heterocycles. The summed E-state index contributed by atoms with van der Waals surface area (Å²) in [4.78, 5) is 39.8. The molecule has 2 rings (SSSR count). The number of hydrogen-bond donors (Lipinski definition) is 3. The molecule has 0 aliphatic heterocycles. The smallest absolute Gasteiger partial charge is 0.325 e. The number of aliphatic carboxylic acids is 1. The number of hydrogen-bond acceptors (Lipinski definition) is 4. The van der Waals surface area contributed by atoms with Gasteiger partial charge >= 0.3 is 5.97 Å². The predicted molar refractivity (Wildman–Crippen MR) is 95.6 cm³/mol. The first-order valence-corrected chi connectivity index (χ1v) is 8.17. The highest BCUT2D eigenvalue weighted by atomic mass is 16.4. The summed E-state index contributed by atoms with van der Waals surface area (Å²) in [6.45, 7) is 3.28. The third kappa shape index (κ3) is 5.14. The first-order chi connectivity index (χ1) is 12.4. The molecule has 0 radical (unpaired) electrons. The molecule has 7 nitrogen and oxygen atoms in total. The second-order valence-electron chi connectivity index (χ2n) is 5.96. The molecule has 0 spiro atoms. The summed E-state index contributed by atoms with van der Waals surface area (Å²) < 4.78 is 0. The van der Waals surface area contributed by atoms with Crippen LogP contribution in [0.15, 0.2) is 48.8 Å². The average Bonchev–Trinajstić information content (AvgIpc) is 2.63. The number of carboxylic acid groups (broad SMARTS) is 1. The second-order valence-corrected chi connectivity index (χ2v) is 5.96. The lowest BCUT2D eigenvalue weighted by molar-refractivity contribution is -0.141. The lowest BCUT2D eigenvalue weighted by atomic mass is 10.00. The van der Waals surface area contributed by atoms with Gasteiger partial charge in [-0.25, -0.2) is 0 Å². The number of carbonyl (C=O) groups is 3. The summed E-state index contributed by atoms with van der Waals surface area (Å²) >= 11 is 0. The van der Waals surface area contributed by atoms with E-state index in [0.717, 1.165) is 11.1 Å². The quantitative estimate of drug-likeness (QED) is 0.694. The van der Waals surface area contributed by atoms with Crippen LogP contribution in [0.4, 0.5) is 0 Å². The van der Waals surface area contributed by atoms with Gasteiger partial charge in [0.15, 0.2) is 0 Å². The Morgan fingerprint density at radius 2 is 1.73 bits per heavy atom. The molecule has 0 saturated carbocycles. The molecule has 0 saturated heterocycles. The van der Waals surface area contributed by atoms with Crippen molar-refractivity contribution in [1.82, 2.24) is 15.6 Å². The molecule has 2 amide bonds. The maximum Gasteiger partial charge on any atom is 0.325 e. The van der Waals surface area contributed by atoms with Crippen LogP contribution in [-0.4, -0.2) is 40.0 Å². The fourth-order valence-electron chi connectivity index (χ4n) is 2.39. The van der Waals surface area contributed by atoms with Gasteiger partial charge < -0.3 is 15.7 Å². The van der Waals surface area contributed by atoms with Crippen molar-refractivity contribution in [3.63, 3.8) is 0 Å². The Morgan fingerprint density at radius 1 is 1.08 bits per heavy atom. The van der Waals surface area contributed by atoms with Crippen molar-refractivity contribution in [3.05, 3.63) is 65.5 Å². The number of pyridine rings is 1. The van der Waals surface area contributed by atoms with E-state index in [0.29, 0.717) is 5.56 Å². The molecular formula is C19H21N3O4. The molecule has 2 unspecified atom stereocenters. The topological polar surface area (TPSA) is 108 Å². The number of aromatic nitrogens is 1. The third-order valence-electron chi connectivity index (χ3n) is 3.98. The SMILES string of the molecule is Cc1ccccc1CC(NC(=O)c1ccncc1)C(=O)NC(C)C(=O)O. The first kappa shape index (κ1) is 19.1.